The van der Waals surface area contributed by atoms with Crippen LogP contribution in [-0.4, -0.2) is 41.3 Å². The van der Waals surface area contributed by atoms with Crippen molar-refractivity contribution in [3.05, 3.63) is 0 Å². The van der Waals surface area contributed by atoms with E-state index in [0.717, 1.165) is 0 Å². The number of nitrogens with one attached hydrogen (secondary N) is 1. The van der Waals surface area contributed by atoms with Crippen LogP contribution < -0.4 is 5.32 Å². The molecule has 0 aromatic heterocycles. The Labute approximate surface area is 74.6 Å². The number of aliphatic hydroxyl groups excluding tert-OH is 1. The summed E-state index contributed by atoms with van der Waals surface area (Å²) >= 11 is 0. The van der Waals surface area contributed by atoms with E-state index in [0.29, 0.717) is 6.42 Å². The summed E-state index contributed by atoms with van der Waals surface area (Å²) in [4.78, 5) is 9.95. The van der Waals surface area contributed by atoms with Gasteiger partial charge in [0.2, 0.25) is 0 Å². The molecule has 0 aromatic rings. The van der Waals surface area contributed by atoms with Gasteiger partial charge in [-0.3, -0.25) is 0 Å². The van der Waals surface area contributed by atoms with Gasteiger partial charge in [-0.05, 0) is 13.3 Å². The largest absolute Gasteiger partial charge is 0.477 e. The van der Waals surface area contributed by atoms with Gasteiger partial charge in [0.05, 0.1) is 6.54 Å². The van der Waals surface area contributed by atoms with Crippen LogP contribution in [0, 0.1) is 0 Å². The van der Waals surface area contributed by atoms with E-state index in [1.54, 1.807) is 6.92 Å². The normalized spacial score (nSPS) is 14.2. The maximum Gasteiger partial charge on any atom is 0.375 e. The van der Waals surface area contributed by atoms with Gasteiger partial charge in [-0.1, -0.05) is 0 Å². The predicted octanol–water partition coefficient (Wildman–Crippen LogP) is 0.0668. The highest BCUT2D eigenvalue weighted by molar-refractivity contribution is 5.75. The van der Waals surface area contributed by atoms with E-state index in [4.69, 9.17) is 10.2 Å². The molecule has 0 bridgehead atoms. The fourth-order valence-corrected chi connectivity index (χ4v) is 0.674. The average Bonchev–Trinajstić information content (AvgIpc) is 2.01. The first-order valence-corrected chi connectivity index (χ1v) is 3.85. The summed E-state index contributed by atoms with van der Waals surface area (Å²) in [5, 5.41) is 18.8. The van der Waals surface area contributed by atoms with E-state index < -0.39 is 18.4 Å². The lowest BCUT2D eigenvalue weighted by molar-refractivity contribution is -0.164. The Morgan fingerprint density at radius 3 is 2.54 bits per heavy atom. The lowest BCUT2D eigenvalue weighted by Crippen LogP contribution is -2.43. The van der Waals surface area contributed by atoms with Gasteiger partial charge in [0.25, 0.3) is 0 Å². The van der Waals surface area contributed by atoms with Crippen molar-refractivity contribution in [2.24, 2.45) is 0 Å². The summed E-state index contributed by atoms with van der Waals surface area (Å²) in [6.45, 7) is 0.560. The van der Waals surface area contributed by atoms with Gasteiger partial charge in [0.1, 0.15) is 0 Å². The fraction of sp³-hybridized carbons (Fsp3) is 0.857. The molecule has 0 fully saturated rings. The van der Waals surface area contributed by atoms with E-state index in [1.807, 2.05) is 0 Å². The summed E-state index contributed by atoms with van der Waals surface area (Å²) in [7, 11) is 0. The van der Waals surface area contributed by atoms with Gasteiger partial charge in [-0.2, -0.15) is 8.78 Å². The average molecular weight is 197 g/mol. The molecule has 3 N–H and O–H groups in total. The molecule has 78 valence electrons. The summed E-state index contributed by atoms with van der Waals surface area (Å²) in [6.07, 6.45) is 0.315. The quantitative estimate of drug-likeness (QED) is 0.563. The van der Waals surface area contributed by atoms with Crippen LogP contribution in [0.15, 0.2) is 0 Å². The van der Waals surface area contributed by atoms with Gasteiger partial charge < -0.3 is 15.5 Å². The first-order valence-electron chi connectivity index (χ1n) is 3.85. The van der Waals surface area contributed by atoms with Crippen molar-refractivity contribution in [1.82, 2.24) is 5.32 Å². The molecule has 0 rings (SSSR count). The Kier molecular flexibility index (Phi) is 4.79. The van der Waals surface area contributed by atoms with Gasteiger partial charge in [0.15, 0.2) is 0 Å². The molecule has 0 aliphatic carbocycles. The third-order valence-corrected chi connectivity index (χ3v) is 1.55. The standard InChI is InChI=1S/C7H13F2NO3/c1-5(2-3-11)10-4-7(8,9)6(12)13/h5,10-11H,2-4H2,1H3,(H,12,13). The van der Waals surface area contributed by atoms with Crippen LogP contribution in [-0.2, 0) is 4.79 Å². The van der Waals surface area contributed by atoms with Gasteiger partial charge >= 0.3 is 11.9 Å². The highest BCUT2D eigenvalue weighted by Gasteiger charge is 2.38. The molecule has 0 amide bonds. The van der Waals surface area contributed by atoms with Crippen molar-refractivity contribution >= 4 is 5.97 Å². The number of hydrogen-bond donors (Lipinski definition) is 3. The van der Waals surface area contributed by atoms with E-state index in [2.05, 4.69) is 5.32 Å². The Balaban J connectivity index is 3.80. The fourth-order valence-electron chi connectivity index (χ4n) is 0.674. The second-order valence-electron chi connectivity index (χ2n) is 2.80. The number of halogens is 2. The highest BCUT2D eigenvalue weighted by atomic mass is 19.3. The van der Waals surface area contributed by atoms with E-state index in [-0.39, 0.29) is 12.6 Å². The molecule has 6 heteroatoms. The molecular formula is C7H13F2NO3. The third-order valence-electron chi connectivity index (χ3n) is 1.55. The molecule has 0 spiro atoms. The topological polar surface area (TPSA) is 69.6 Å². The maximum absolute atomic E-state index is 12.4. The van der Waals surface area contributed by atoms with Gasteiger partial charge in [-0.15, -0.1) is 0 Å². The number of alkyl halides is 2. The Morgan fingerprint density at radius 2 is 2.15 bits per heavy atom. The molecule has 0 aliphatic rings. The first-order chi connectivity index (χ1) is 5.90. The van der Waals surface area contributed by atoms with Crippen LogP contribution in [0.2, 0.25) is 0 Å². The molecule has 0 aromatic carbocycles. The summed E-state index contributed by atoms with van der Waals surface area (Å²) < 4.78 is 24.8. The number of carboxylic acids is 1. The lowest BCUT2D eigenvalue weighted by Gasteiger charge is -2.16. The van der Waals surface area contributed by atoms with Crippen LogP contribution >= 0.6 is 0 Å². The molecule has 0 saturated carbocycles. The van der Waals surface area contributed by atoms with E-state index in [9.17, 15) is 13.6 Å². The summed E-state index contributed by atoms with van der Waals surface area (Å²) in [5.41, 5.74) is 0. The van der Waals surface area contributed by atoms with Crippen LogP contribution in [0.5, 0.6) is 0 Å². The number of aliphatic carboxylic acids is 1. The van der Waals surface area contributed by atoms with E-state index in [1.165, 1.54) is 0 Å². The third kappa shape index (κ3) is 4.74. The molecular weight excluding hydrogens is 184 g/mol. The lowest BCUT2D eigenvalue weighted by atomic mass is 10.2. The molecule has 0 radical (unpaired) electrons. The second kappa shape index (κ2) is 5.08. The predicted molar refractivity (Wildman–Crippen MR) is 41.8 cm³/mol. The zero-order chi connectivity index (χ0) is 10.5. The molecule has 13 heavy (non-hydrogen) atoms. The zero-order valence-electron chi connectivity index (χ0n) is 7.26. The second-order valence-corrected chi connectivity index (χ2v) is 2.80. The molecule has 4 nitrogen and oxygen atoms in total. The zero-order valence-corrected chi connectivity index (χ0v) is 7.26. The van der Waals surface area contributed by atoms with Crippen LogP contribution in [0.4, 0.5) is 8.78 Å². The Bertz CT molecular complexity index is 175. The minimum Gasteiger partial charge on any atom is -0.477 e. The molecule has 0 aliphatic heterocycles. The SMILES string of the molecule is CC(CCO)NCC(F)(F)C(=O)O. The number of aliphatic hydroxyl groups is 1. The molecule has 1 unspecified atom stereocenters. The van der Waals surface area contributed by atoms with Crippen LogP contribution in [0.25, 0.3) is 0 Å². The van der Waals surface area contributed by atoms with Crippen molar-refractivity contribution in [2.45, 2.75) is 25.3 Å². The van der Waals surface area contributed by atoms with Crippen molar-refractivity contribution in [3.63, 3.8) is 0 Å². The molecule has 0 heterocycles. The monoisotopic (exact) mass is 197 g/mol. The smallest absolute Gasteiger partial charge is 0.375 e. The van der Waals surface area contributed by atoms with Gasteiger partial charge in [-0.25, -0.2) is 4.79 Å². The summed E-state index contributed by atoms with van der Waals surface area (Å²) in [6, 6.07) is -0.324. The van der Waals surface area contributed by atoms with E-state index >= 15 is 0 Å². The number of carboxylic acid groups (broad SMARTS) is 1. The van der Waals surface area contributed by atoms with Crippen LogP contribution in [0.1, 0.15) is 13.3 Å². The number of hydrogen-bond acceptors (Lipinski definition) is 3. The van der Waals surface area contributed by atoms with Crippen LogP contribution in [0.3, 0.4) is 0 Å². The number of rotatable bonds is 6. The highest BCUT2D eigenvalue weighted by Crippen LogP contribution is 2.11. The Hall–Kier alpha value is -0.750. The number of carbonyl (C=O) groups is 1. The minimum atomic E-state index is -3.75. The Morgan fingerprint density at radius 1 is 1.62 bits per heavy atom. The van der Waals surface area contributed by atoms with Gasteiger partial charge in [0, 0.05) is 12.6 Å². The first kappa shape index (κ1) is 12.2. The maximum atomic E-state index is 12.4. The van der Waals surface area contributed by atoms with Crippen molar-refractivity contribution in [3.8, 4) is 0 Å². The summed E-state index contributed by atoms with van der Waals surface area (Å²) in [5.74, 6) is -5.89. The van der Waals surface area contributed by atoms with Crippen molar-refractivity contribution < 1.29 is 23.8 Å². The van der Waals surface area contributed by atoms with Crippen molar-refractivity contribution in [2.75, 3.05) is 13.2 Å². The minimum absolute atomic E-state index is 0.118. The van der Waals surface area contributed by atoms with Crippen molar-refractivity contribution in [1.29, 1.82) is 0 Å². The molecule has 0 saturated heterocycles. The molecule has 1 atom stereocenters.